The molecule has 7 heteroatoms. The number of amides is 1. The smallest absolute Gasteiger partial charge is 0.335 e. The van der Waals surface area contributed by atoms with Gasteiger partial charge in [-0.1, -0.05) is 12.1 Å². The van der Waals surface area contributed by atoms with E-state index >= 15 is 0 Å². The highest BCUT2D eigenvalue weighted by Gasteiger charge is 2.36. The first kappa shape index (κ1) is 17.5. The standard InChI is InChI=1S/C16H21NO5S/c1-11(10-23(2,21)22)17(14-6-7-14)15(18)9-12-4-3-5-13(8-12)16(19)20/h3-5,8,11,14H,6-7,9-10H2,1-2H3,(H,19,20). The van der Waals surface area contributed by atoms with Crippen molar-refractivity contribution in [3.8, 4) is 0 Å². The molecule has 1 atom stereocenters. The van der Waals surface area contributed by atoms with E-state index in [-0.39, 0.29) is 35.7 Å². The molecule has 1 aromatic carbocycles. The number of hydrogen-bond donors (Lipinski definition) is 1. The van der Waals surface area contributed by atoms with Crippen LogP contribution in [-0.4, -0.2) is 54.4 Å². The van der Waals surface area contributed by atoms with Crippen LogP contribution in [0.15, 0.2) is 24.3 Å². The minimum absolute atomic E-state index is 0.0651. The van der Waals surface area contributed by atoms with Crippen LogP contribution in [0.5, 0.6) is 0 Å². The third-order valence-corrected chi connectivity index (χ3v) is 4.86. The Hall–Kier alpha value is -1.89. The highest BCUT2D eigenvalue weighted by molar-refractivity contribution is 7.90. The van der Waals surface area contributed by atoms with Crippen LogP contribution < -0.4 is 0 Å². The van der Waals surface area contributed by atoms with Crippen LogP contribution in [0.4, 0.5) is 0 Å². The summed E-state index contributed by atoms with van der Waals surface area (Å²) in [5.41, 5.74) is 0.754. The highest BCUT2D eigenvalue weighted by Crippen LogP contribution is 2.29. The first-order valence-corrected chi connectivity index (χ1v) is 9.54. The molecule has 23 heavy (non-hydrogen) atoms. The van der Waals surface area contributed by atoms with Gasteiger partial charge in [0.1, 0.15) is 9.84 Å². The summed E-state index contributed by atoms with van der Waals surface area (Å²) in [5.74, 6) is -1.26. The number of aromatic carboxylic acids is 1. The van der Waals surface area contributed by atoms with Crippen molar-refractivity contribution in [2.24, 2.45) is 0 Å². The summed E-state index contributed by atoms with van der Waals surface area (Å²) in [6.45, 7) is 1.74. The molecule has 6 nitrogen and oxygen atoms in total. The van der Waals surface area contributed by atoms with E-state index in [1.54, 1.807) is 24.0 Å². The Morgan fingerprint density at radius 1 is 1.35 bits per heavy atom. The van der Waals surface area contributed by atoms with E-state index in [2.05, 4.69) is 0 Å². The first-order valence-electron chi connectivity index (χ1n) is 7.48. The minimum Gasteiger partial charge on any atom is -0.478 e. The Morgan fingerprint density at radius 2 is 2.00 bits per heavy atom. The van der Waals surface area contributed by atoms with Gasteiger partial charge in [-0.05, 0) is 37.5 Å². The number of carboxylic acids is 1. The molecule has 0 saturated heterocycles. The van der Waals surface area contributed by atoms with Crippen molar-refractivity contribution in [2.45, 2.75) is 38.3 Å². The number of benzene rings is 1. The van der Waals surface area contributed by atoms with Crippen molar-refractivity contribution in [1.82, 2.24) is 4.90 Å². The van der Waals surface area contributed by atoms with Gasteiger partial charge < -0.3 is 10.0 Å². The maximum Gasteiger partial charge on any atom is 0.335 e. The largest absolute Gasteiger partial charge is 0.478 e. The molecular weight excluding hydrogens is 318 g/mol. The summed E-state index contributed by atoms with van der Waals surface area (Å²) in [6, 6.07) is 5.98. The molecule has 0 aliphatic heterocycles. The second kappa shape index (κ2) is 6.70. The number of hydrogen-bond acceptors (Lipinski definition) is 4. The van der Waals surface area contributed by atoms with Crippen molar-refractivity contribution in [1.29, 1.82) is 0 Å². The van der Waals surface area contributed by atoms with Gasteiger partial charge in [0.2, 0.25) is 5.91 Å². The van der Waals surface area contributed by atoms with Crippen molar-refractivity contribution >= 4 is 21.7 Å². The van der Waals surface area contributed by atoms with Crippen LogP contribution in [0.3, 0.4) is 0 Å². The summed E-state index contributed by atoms with van der Waals surface area (Å²) in [4.78, 5) is 25.2. The predicted octanol–water partition coefficient (Wildman–Crippen LogP) is 1.35. The van der Waals surface area contributed by atoms with E-state index in [0.717, 1.165) is 19.1 Å². The van der Waals surface area contributed by atoms with Crippen molar-refractivity contribution in [3.63, 3.8) is 0 Å². The summed E-state index contributed by atoms with van der Waals surface area (Å²) >= 11 is 0. The summed E-state index contributed by atoms with van der Waals surface area (Å²) in [6.07, 6.45) is 3.01. The quantitative estimate of drug-likeness (QED) is 0.809. The first-order chi connectivity index (χ1) is 10.7. The molecular formula is C16H21NO5S. The molecule has 0 bridgehead atoms. The number of carbonyl (C=O) groups excluding carboxylic acids is 1. The monoisotopic (exact) mass is 339 g/mol. The second-order valence-corrected chi connectivity index (χ2v) is 8.34. The van der Waals surface area contributed by atoms with Crippen LogP contribution in [0.2, 0.25) is 0 Å². The lowest BCUT2D eigenvalue weighted by atomic mass is 10.1. The van der Waals surface area contributed by atoms with E-state index in [1.807, 2.05) is 0 Å². The average molecular weight is 339 g/mol. The van der Waals surface area contributed by atoms with Crippen LogP contribution in [0.25, 0.3) is 0 Å². The van der Waals surface area contributed by atoms with Gasteiger partial charge in [-0.2, -0.15) is 0 Å². The van der Waals surface area contributed by atoms with Crippen molar-refractivity contribution in [3.05, 3.63) is 35.4 Å². The van der Waals surface area contributed by atoms with Gasteiger partial charge in [0.25, 0.3) is 0 Å². The lowest BCUT2D eigenvalue weighted by Crippen LogP contribution is -2.44. The van der Waals surface area contributed by atoms with E-state index in [9.17, 15) is 18.0 Å². The Bertz CT molecular complexity index is 709. The highest BCUT2D eigenvalue weighted by atomic mass is 32.2. The van der Waals surface area contributed by atoms with Gasteiger partial charge in [0, 0.05) is 18.3 Å². The Kier molecular flexibility index (Phi) is 5.09. The summed E-state index contributed by atoms with van der Waals surface area (Å²) in [5, 5.41) is 9.00. The third kappa shape index (κ3) is 5.06. The van der Waals surface area contributed by atoms with E-state index in [0.29, 0.717) is 5.56 Å². The molecule has 0 radical (unpaired) electrons. The van der Waals surface area contributed by atoms with Gasteiger partial charge in [0.05, 0.1) is 17.7 Å². The Balaban J connectivity index is 2.13. The molecule has 1 saturated carbocycles. The molecule has 1 N–H and O–H groups in total. The van der Waals surface area contributed by atoms with Gasteiger partial charge >= 0.3 is 5.97 Å². The molecule has 1 aliphatic rings. The van der Waals surface area contributed by atoms with Gasteiger partial charge in [0.15, 0.2) is 0 Å². The fraction of sp³-hybridized carbons (Fsp3) is 0.500. The fourth-order valence-electron chi connectivity index (χ4n) is 2.76. The van der Waals surface area contributed by atoms with Crippen molar-refractivity contribution in [2.75, 3.05) is 12.0 Å². The van der Waals surface area contributed by atoms with Gasteiger partial charge in [-0.25, -0.2) is 13.2 Å². The van der Waals surface area contributed by atoms with Crippen molar-refractivity contribution < 1.29 is 23.1 Å². The van der Waals surface area contributed by atoms with Crippen LogP contribution in [-0.2, 0) is 21.1 Å². The molecule has 0 aromatic heterocycles. The molecule has 0 heterocycles. The number of nitrogens with zero attached hydrogens (tertiary/aromatic N) is 1. The zero-order valence-electron chi connectivity index (χ0n) is 13.2. The molecule has 0 spiro atoms. The van der Waals surface area contributed by atoms with E-state index in [1.165, 1.54) is 12.1 Å². The molecule has 1 aliphatic carbocycles. The third-order valence-electron chi connectivity index (χ3n) is 3.78. The Morgan fingerprint density at radius 3 is 2.52 bits per heavy atom. The molecule has 1 aromatic rings. The number of carbonyl (C=O) groups is 2. The fourth-order valence-corrected chi connectivity index (χ4v) is 3.80. The molecule has 2 rings (SSSR count). The van der Waals surface area contributed by atoms with E-state index < -0.39 is 15.8 Å². The molecule has 1 unspecified atom stereocenters. The number of rotatable bonds is 7. The van der Waals surface area contributed by atoms with Crippen LogP contribution >= 0.6 is 0 Å². The Labute approximate surface area is 136 Å². The zero-order valence-corrected chi connectivity index (χ0v) is 14.0. The normalized spacial score (nSPS) is 15.9. The maximum atomic E-state index is 12.6. The summed E-state index contributed by atoms with van der Waals surface area (Å²) < 4.78 is 23.0. The maximum absolute atomic E-state index is 12.6. The molecule has 126 valence electrons. The lowest BCUT2D eigenvalue weighted by Gasteiger charge is -2.29. The van der Waals surface area contributed by atoms with E-state index in [4.69, 9.17) is 5.11 Å². The lowest BCUT2D eigenvalue weighted by molar-refractivity contribution is -0.132. The number of sulfone groups is 1. The average Bonchev–Trinajstić information content (AvgIpc) is 3.21. The van der Waals surface area contributed by atoms with Crippen LogP contribution in [0.1, 0.15) is 35.7 Å². The SMILES string of the molecule is CC(CS(C)(=O)=O)N(C(=O)Cc1cccc(C(=O)O)c1)C1CC1. The molecule has 1 amide bonds. The minimum atomic E-state index is -3.17. The van der Waals surface area contributed by atoms with Gasteiger partial charge in [-0.15, -0.1) is 0 Å². The topological polar surface area (TPSA) is 91.8 Å². The number of carboxylic acid groups (broad SMARTS) is 1. The predicted molar refractivity (Wildman–Crippen MR) is 86.1 cm³/mol. The summed E-state index contributed by atoms with van der Waals surface area (Å²) in [7, 11) is -3.17. The zero-order chi connectivity index (χ0) is 17.2. The second-order valence-electron chi connectivity index (χ2n) is 6.16. The molecule has 1 fully saturated rings. The van der Waals surface area contributed by atoms with Gasteiger partial charge in [-0.3, -0.25) is 4.79 Å². The van der Waals surface area contributed by atoms with Crippen LogP contribution in [0, 0.1) is 0 Å².